The van der Waals surface area contributed by atoms with Crippen LogP contribution in [0, 0.1) is 0 Å². The van der Waals surface area contributed by atoms with E-state index in [0.29, 0.717) is 6.61 Å². The summed E-state index contributed by atoms with van der Waals surface area (Å²) in [6, 6.07) is 0. The van der Waals surface area contributed by atoms with E-state index in [2.05, 4.69) is 6.92 Å². The Morgan fingerprint density at radius 3 is 2.93 bits per heavy atom. The maximum Gasteiger partial charge on any atom is 0.303 e. The van der Waals surface area contributed by atoms with Gasteiger partial charge in [0.05, 0.1) is 12.7 Å². The van der Waals surface area contributed by atoms with Gasteiger partial charge >= 0.3 is 5.97 Å². The zero-order valence-electron chi connectivity index (χ0n) is 9.34. The number of hydrogen-bond acceptors (Lipinski definition) is 3. The maximum absolute atomic E-state index is 10.9. The van der Waals surface area contributed by atoms with E-state index in [1.807, 2.05) is 6.92 Å². The van der Waals surface area contributed by atoms with Gasteiger partial charge in [-0.3, -0.25) is 4.79 Å². The molecule has 1 aliphatic heterocycles. The molecule has 0 spiro atoms. The molecule has 0 bridgehead atoms. The number of hydrogen-bond donors (Lipinski definition) is 0. The van der Waals surface area contributed by atoms with Gasteiger partial charge in [-0.2, -0.15) is 0 Å². The number of carbonyl (C=O) groups excluding carboxylic acids is 1. The van der Waals surface area contributed by atoms with Crippen molar-refractivity contribution in [2.75, 3.05) is 6.61 Å². The third kappa shape index (κ3) is 3.29. The number of carbonyl (C=O) groups is 1. The van der Waals surface area contributed by atoms with Gasteiger partial charge in [-0.1, -0.05) is 13.3 Å². The molecular formula is C11H20O3. The van der Waals surface area contributed by atoms with Crippen LogP contribution in [-0.2, 0) is 14.3 Å². The molecule has 2 unspecified atom stereocenters. The minimum Gasteiger partial charge on any atom is -0.459 e. The SMILES string of the molecule is CCCC1CC(C)(OC(C)=O)CCO1. The third-order valence-corrected chi connectivity index (χ3v) is 2.64. The fraction of sp³-hybridized carbons (Fsp3) is 0.909. The maximum atomic E-state index is 10.9. The Bertz CT molecular complexity index is 201. The molecule has 0 N–H and O–H groups in total. The van der Waals surface area contributed by atoms with E-state index in [1.54, 1.807) is 0 Å². The zero-order chi connectivity index (χ0) is 10.6. The van der Waals surface area contributed by atoms with E-state index in [9.17, 15) is 4.79 Å². The topological polar surface area (TPSA) is 35.5 Å². The lowest BCUT2D eigenvalue weighted by Crippen LogP contribution is -2.41. The molecule has 0 radical (unpaired) electrons. The summed E-state index contributed by atoms with van der Waals surface area (Å²) in [4.78, 5) is 10.9. The van der Waals surface area contributed by atoms with Crippen molar-refractivity contribution in [3.8, 4) is 0 Å². The molecular weight excluding hydrogens is 180 g/mol. The Morgan fingerprint density at radius 2 is 2.36 bits per heavy atom. The predicted octanol–water partition coefficient (Wildman–Crippen LogP) is 2.29. The van der Waals surface area contributed by atoms with Gasteiger partial charge < -0.3 is 9.47 Å². The van der Waals surface area contributed by atoms with E-state index in [1.165, 1.54) is 6.92 Å². The quantitative estimate of drug-likeness (QED) is 0.656. The molecule has 14 heavy (non-hydrogen) atoms. The van der Waals surface area contributed by atoms with Gasteiger partial charge in [0.25, 0.3) is 0 Å². The zero-order valence-corrected chi connectivity index (χ0v) is 9.34. The van der Waals surface area contributed by atoms with Crippen molar-refractivity contribution in [2.45, 2.75) is 58.2 Å². The van der Waals surface area contributed by atoms with Crippen LogP contribution in [-0.4, -0.2) is 24.3 Å². The van der Waals surface area contributed by atoms with Crippen LogP contribution in [0.4, 0.5) is 0 Å². The van der Waals surface area contributed by atoms with Crippen LogP contribution >= 0.6 is 0 Å². The average Bonchev–Trinajstić information content (AvgIpc) is 2.01. The van der Waals surface area contributed by atoms with Crippen LogP contribution in [0.3, 0.4) is 0 Å². The molecule has 1 fully saturated rings. The van der Waals surface area contributed by atoms with E-state index in [4.69, 9.17) is 9.47 Å². The van der Waals surface area contributed by atoms with Crippen molar-refractivity contribution in [1.29, 1.82) is 0 Å². The molecule has 1 saturated heterocycles. The summed E-state index contributed by atoms with van der Waals surface area (Å²) < 4.78 is 10.9. The van der Waals surface area contributed by atoms with Crippen LogP contribution in [0.1, 0.15) is 46.5 Å². The van der Waals surface area contributed by atoms with E-state index in [-0.39, 0.29) is 17.7 Å². The van der Waals surface area contributed by atoms with E-state index >= 15 is 0 Å². The molecule has 3 nitrogen and oxygen atoms in total. The highest BCUT2D eigenvalue weighted by Gasteiger charge is 2.35. The molecule has 3 heteroatoms. The third-order valence-electron chi connectivity index (χ3n) is 2.64. The molecule has 1 heterocycles. The number of ether oxygens (including phenoxy) is 2. The normalized spacial score (nSPS) is 32.6. The van der Waals surface area contributed by atoms with Crippen LogP contribution in [0.15, 0.2) is 0 Å². The van der Waals surface area contributed by atoms with Gasteiger partial charge in [-0.15, -0.1) is 0 Å². The van der Waals surface area contributed by atoms with Crippen molar-refractivity contribution >= 4 is 5.97 Å². The van der Waals surface area contributed by atoms with Crippen molar-refractivity contribution in [3.63, 3.8) is 0 Å². The summed E-state index contributed by atoms with van der Waals surface area (Å²) in [5.41, 5.74) is -0.302. The van der Waals surface area contributed by atoms with Gasteiger partial charge in [-0.05, 0) is 13.3 Å². The first-order chi connectivity index (χ1) is 6.56. The highest BCUT2D eigenvalue weighted by atomic mass is 16.6. The second-order valence-corrected chi connectivity index (χ2v) is 4.28. The summed E-state index contributed by atoms with van der Waals surface area (Å²) in [7, 11) is 0. The first kappa shape index (κ1) is 11.5. The minimum atomic E-state index is -0.302. The van der Waals surface area contributed by atoms with Gasteiger partial charge in [-0.25, -0.2) is 0 Å². The summed E-state index contributed by atoms with van der Waals surface area (Å²) in [5.74, 6) is -0.190. The summed E-state index contributed by atoms with van der Waals surface area (Å²) in [6.45, 7) is 6.31. The highest BCUT2D eigenvalue weighted by Crippen LogP contribution is 2.30. The Balaban J connectivity index is 2.48. The van der Waals surface area contributed by atoms with E-state index < -0.39 is 0 Å². The molecule has 0 saturated carbocycles. The first-order valence-electron chi connectivity index (χ1n) is 5.37. The molecule has 1 rings (SSSR count). The lowest BCUT2D eigenvalue weighted by molar-refractivity contribution is -0.170. The highest BCUT2D eigenvalue weighted by molar-refractivity contribution is 5.66. The summed E-state index contributed by atoms with van der Waals surface area (Å²) in [6.07, 6.45) is 4.07. The Labute approximate surface area is 85.8 Å². The fourth-order valence-corrected chi connectivity index (χ4v) is 2.03. The monoisotopic (exact) mass is 200 g/mol. The molecule has 0 aromatic heterocycles. The summed E-state index contributed by atoms with van der Waals surface area (Å²) >= 11 is 0. The second-order valence-electron chi connectivity index (χ2n) is 4.28. The van der Waals surface area contributed by atoms with Crippen LogP contribution in [0.25, 0.3) is 0 Å². The smallest absolute Gasteiger partial charge is 0.303 e. The van der Waals surface area contributed by atoms with Gasteiger partial charge in [0.15, 0.2) is 0 Å². The first-order valence-corrected chi connectivity index (χ1v) is 5.37. The Morgan fingerprint density at radius 1 is 1.64 bits per heavy atom. The van der Waals surface area contributed by atoms with Crippen molar-refractivity contribution in [3.05, 3.63) is 0 Å². The van der Waals surface area contributed by atoms with E-state index in [0.717, 1.165) is 25.7 Å². The molecule has 1 aliphatic rings. The molecule has 0 amide bonds. The van der Waals surface area contributed by atoms with Gasteiger partial charge in [0.2, 0.25) is 0 Å². The fourth-order valence-electron chi connectivity index (χ4n) is 2.03. The standard InChI is InChI=1S/C11H20O3/c1-4-5-10-8-11(3,6-7-13-10)14-9(2)12/h10H,4-8H2,1-3H3. The molecule has 0 aromatic carbocycles. The van der Waals surface area contributed by atoms with Gasteiger partial charge in [0, 0.05) is 19.8 Å². The van der Waals surface area contributed by atoms with Crippen LogP contribution in [0.5, 0.6) is 0 Å². The van der Waals surface area contributed by atoms with Crippen molar-refractivity contribution in [2.24, 2.45) is 0 Å². The van der Waals surface area contributed by atoms with Crippen molar-refractivity contribution < 1.29 is 14.3 Å². The predicted molar refractivity (Wildman–Crippen MR) is 54.1 cm³/mol. The Kier molecular flexibility index (Phi) is 3.93. The Hall–Kier alpha value is -0.570. The second kappa shape index (κ2) is 4.78. The number of rotatable bonds is 3. The van der Waals surface area contributed by atoms with Gasteiger partial charge in [0.1, 0.15) is 5.60 Å². The molecule has 0 aromatic rings. The number of esters is 1. The van der Waals surface area contributed by atoms with Crippen molar-refractivity contribution in [1.82, 2.24) is 0 Å². The van der Waals surface area contributed by atoms with Crippen LogP contribution < -0.4 is 0 Å². The molecule has 82 valence electrons. The molecule has 0 aliphatic carbocycles. The minimum absolute atomic E-state index is 0.190. The lowest BCUT2D eigenvalue weighted by Gasteiger charge is -2.37. The average molecular weight is 200 g/mol. The van der Waals surface area contributed by atoms with Crippen LogP contribution in [0.2, 0.25) is 0 Å². The largest absolute Gasteiger partial charge is 0.459 e. The lowest BCUT2D eigenvalue weighted by atomic mass is 9.90. The summed E-state index contributed by atoms with van der Waals surface area (Å²) in [5, 5.41) is 0. The molecule has 2 atom stereocenters.